The summed E-state index contributed by atoms with van der Waals surface area (Å²) in [6.45, 7) is 9.19. The Morgan fingerprint density at radius 1 is 1.19 bits per heavy atom. The van der Waals surface area contributed by atoms with Crippen LogP contribution in [-0.4, -0.2) is 71.6 Å². The molecule has 0 bridgehead atoms. The van der Waals surface area contributed by atoms with E-state index in [1.807, 2.05) is 36.7 Å². The van der Waals surface area contributed by atoms with E-state index >= 15 is 0 Å². The Morgan fingerprint density at radius 2 is 2.00 bits per heavy atom. The monoisotopic (exact) mass is 441 g/mol. The number of aliphatic imine (C=N–C) groups is 1. The molecular formula is C23H35N7O2. The molecule has 2 heterocycles. The van der Waals surface area contributed by atoms with Gasteiger partial charge in [0.2, 0.25) is 0 Å². The molecule has 2 aromatic rings. The zero-order chi connectivity index (χ0) is 22.2. The fourth-order valence-electron chi connectivity index (χ4n) is 3.53. The first-order valence-electron chi connectivity index (χ1n) is 11.6. The summed E-state index contributed by atoms with van der Waals surface area (Å²) in [6, 6.07) is 8.18. The zero-order valence-electron chi connectivity index (χ0n) is 19.2. The van der Waals surface area contributed by atoms with Gasteiger partial charge in [0, 0.05) is 38.8 Å². The molecule has 32 heavy (non-hydrogen) atoms. The van der Waals surface area contributed by atoms with Crippen molar-refractivity contribution in [1.82, 2.24) is 30.3 Å². The standard InChI is InChI=1S/C23H35N7O2/c1-18-27-28-22(29(18)2)16-26-23(24-9-10-30-11-13-31-14-12-30)25-15-20-5-3-4-6-21(20)32-17-19-7-8-19/h3-6,19H,7-17H2,1-2H3,(H2,24,25,26). The minimum Gasteiger partial charge on any atom is -0.493 e. The first kappa shape index (κ1) is 22.5. The van der Waals surface area contributed by atoms with Gasteiger partial charge >= 0.3 is 0 Å². The van der Waals surface area contributed by atoms with Crippen molar-refractivity contribution in [2.24, 2.45) is 18.0 Å². The topological polar surface area (TPSA) is 88.8 Å². The van der Waals surface area contributed by atoms with Crippen molar-refractivity contribution in [2.45, 2.75) is 32.9 Å². The Balaban J connectivity index is 1.37. The van der Waals surface area contributed by atoms with Gasteiger partial charge in [-0.2, -0.15) is 0 Å². The lowest BCUT2D eigenvalue weighted by molar-refractivity contribution is 0.0389. The smallest absolute Gasteiger partial charge is 0.192 e. The molecule has 0 atom stereocenters. The van der Waals surface area contributed by atoms with E-state index in [9.17, 15) is 0 Å². The molecule has 1 aromatic heterocycles. The molecule has 174 valence electrons. The summed E-state index contributed by atoms with van der Waals surface area (Å²) < 4.78 is 13.5. The van der Waals surface area contributed by atoms with Crippen molar-refractivity contribution in [3.8, 4) is 5.75 Å². The molecule has 0 spiro atoms. The molecule has 9 heteroatoms. The van der Waals surface area contributed by atoms with Crippen molar-refractivity contribution in [3.63, 3.8) is 0 Å². The number of aryl methyl sites for hydroxylation is 1. The molecule has 1 aromatic carbocycles. The second-order valence-corrected chi connectivity index (χ2v) is 8.48. The quantitative estimate of drug-likeness (QED) is 0.426. The maximum atomic E-state index is 6.05. The number of hydrogen-bond acceptors (Lipinski definition) is 6. The molecule has 0 radical (unpaired) electrons. The van der Waals surface area contributed by atoms with Crippen LogP contribution in [0.5, 0.6) is 5.75 Å². The fourth-order valence-corrected chi connectivity index (χ4v) is 3.53. The van der Waals surface area contributed by atoms with Gasteiger partial charge in [0.1, 0.15) is 11.6 Å². The molecule has 4 rings (SSSR count). The Labute approximate surface area is 190 Å². The molecule has 2 aliphatic rings. The number of nitrogens with one attached hydrogen (secondary N) is 2. The number of guanidine groups is 1. The highest BCUT2D eigenvalue weighted by Crippen LogP contribution is 2.30. The zero-order valence-corrected chi connectivity index (χ0v) is 19.2. The van der Waals surface area contributed by atoms with Crippen LogP contribution in [0.2, 0.25) is 0 Å². The van der Waals surface area contributed by atoms with Gasteiger partial charge in [-0.25, -0.2) is 4.99 Å². The van der Waals surface area contributed by atoms with Crippen LogP contribution in [0, 0.1) is 12.8 Å². The second-order valence-electron chi connectivity index (χ2n) is 8.48. The van der Waals surface area contributed by atoms with E-state index in [2.05, 4.69) is 31.8 Å². The average Bonchev–Trinajstić information content (AvgIpc) is 3.60. The Kier molecular flexibility index (Phi) is 7.95. The van der Waals surface area contributed by atoms with E-state index in [-0.39, 0.29) is 0 Å². The maximum absolute atomic E-state index is 6.05. The molecule has 9 nitrogen and oxygen atoms in total. The van der Waals surface area contributed by atoms with Crippen molar-refractivity contribution in [1.29, 1.82) is 0 Å². The third-order valence-corrected chi connectivity index (χ3v) is 5.97. The molecule has 0 unspecified atom stereocenters. The van der Waals surface area contributed by atoms with E-state index in [1.165, 1.54) is 12.8 Å². The number of aromatic nitrogens is 3. The van der Waals surface area contributed by atoms with Gasteiger partial charge in [-0.15, -0.1) is 10.2 Å². The predicted octanol–water partition coefficient (Wildman–Crippen LogP) is 1.48. The summed E-state index contributed by atoms with van der Waals surface area (Å²) in [6.07, 6.45) is 2.56. The van der Waals surface area contributed by atoms with Crippen molar-refractivity contribution < 1.29 is 9.47 Å². The van der Waals surface area contributed by atoms with E-state index in [4.69, 9.17) is 14.5 Å². The number of nitrogens with zero attached hydrogens (tertiary/aromatic N) is 5. The summed E-state index contributed by atoms with van der Waals surface area (Å²) in [5, 5.41) is 15.3. The summed E-state index contributed by atoms with van der Waals surface area (Å²) in [5.74, 6) is 4.18. The minimum atomic E-state index is 0.547. The third kappa shape index (κ3) is 6.67. The summed E-state index contributed by atoms with van der Waals surface area (Å²) in [7, 11) is 1.97. The molecular weight excluding hydrogens is 406 g/mol. The average molecular weight is 442 g/mol. The Morgan fingerprint density at radius 3 is 2.75 bits per heavy atom. The molecule has 2 fully saturated rings. The van der Waals surface area contributed by atoms with Gasteiger partial charge in [0.05, 0.1) is 32.9 Å². The first-order valence-corrected chi connectivity index (χ1v) is 11.6. The number of ether oxygens (including phenoxy) is 2. The van der Waals surface area contributed by atoms with Crippen LogP contribution in [0.4, 0.5) is 0 Å². The minimum absolute atomic E-state index is 0.547. The van der Waals surface area contributed by atoms with Crippen LogP contribution in [0.25, 0.3) is 0 Å². The van der Waals surface area contributed by atoms with Crippen LogP contribution in [0.1, 0.15) is 30.1 Å². The van der Waals surface area contributed by atoms with Gasteiger partial charge < -0.3 is 24.7 Å². The lowest BCUT2D eigenvalue weighted by atomic mass is 10.2. The first-order chi connectivity index (χ1) is 15.7. The van der Waals surface area contributed by atoms with Gasteiger partial charge in [0.15, 0.2) is 11.8 Å². The number of benzene rings is 1. The van der Waals surface area contributed by atoms with E-state index in [0.717, 1.165) is 80.8 Å². The number of para-hydroxylation sites is 1. The van der Waals surface area contributed by atoms with E-state index < -0.39 is 0 Å². The SMILES string of the molecule is Cc1nnc(CNC(=NCc2ccccc2OCC2CC2)NCCN2CCOCC2)n1C. The molecule has 1 saturated carbocycles. The van der Waals surface area contributed by atoms with Gasteiger partial charge in [-0.05, 0) is 31.7 Å². The molecule has 0 amide bonds. The van der Waals surface area contributed by atoms with Crippen LogP contribution in [-0.2, 0) is 24.9 Å². The lowest BCUT2D eigenvalue weighted by Crippen LogP contribution is -2.44. The highest BCUT2D eigenvalue weighted by atomic mass is 16.5. The van der Waals surface area contributed by atoms with Crippen LogP contribution in [0.3, 0.4) is 0 Å². The van der Waals surface area contributed by atoms with Crippen LogP contribution < -0.4 is 15.4 Å². The van der Waals surface area contributed by atoms with E-state index in [0.29, 0.717) is 13.1 Å². The van der Waals surface area contributed by atoms with Crippen molar-refractivity contribution in [3.05, 3.63) is 41.5 Å². The predicted molar refractivity (Wildman–Crippen MR) is 124 cm³/mol. The summed E-state index contributed by atoms with van der Waals surface area (Å²) in [4.78, 5) is 7.25. The normalized spacial score (nSPS) is 17.4. The number of rotatable bonds is 10. The second kappa shape index (κ2) is 11.3. The maximum Gasteiger partial charge on any atom is 0.192 e. The largest absolute Gasteiger partial charge is 0.493 e. The molecule has 1 aliphatic carbocycles. The third-order valence-electron chi connectivity index (χ3n) is 5.97. The molecule has 1 saturated heterocycles. The van der Waals surface area contributed by atoms with Gasteiger partial charge in [0.25, 0.3) is 0 Å². The molecule has 1 aliphatic heterocycles. The highest BCUT2D eigenvalue weighted by molar-refractivity contribution is 5.79. The van der Waals surface area contributed by atoms with Gasteiger partial charge in [-0.1, -0.05) is 18.2 Å². The summed E-state index contributed by atoms with van der Waals surface area (Å²) in [5.41, 5.74) is 1.09. The van der Waals surface area contributed by atoms with Crippen LogP contribution >= 0.6 is 0 Å². The van der Waals surface area contributed by atoms with E-state index in [1.54, 1.807) is 0 Å². The number of hydrogen-bond donors (Lipinski definition) is 2. The Bertz CT molecular complexity index is 888. The molecule has 2 N–H and O–H groups in total. The van der Waals surface area contributed by atoms with Crippen molar-refractivity contribution >= 4 is 5.96 Å². The fraction of sp³-hybridized carbons (Fsp3) is 0.609. The number of morpholine rings is 1. The highest BCUT2D eigenvalue weighted by Gasteiger charge is 2.22. The lowest BCUT2D eigenvalue weighted by Gasteiger charge is -2.26. The van der Waals surface area contributed by atoms with Gasteiger partial charge in [-0.3, -0.25) is 4.90 Å². The summed E-state index contributed by atoms with van der Waals surface area (Å²) >= 11 is 0. The van der Waals surface area contributed by atoms with Crippen LogP contribution in [0.15, 0.2) is 29.3 Å². The Hall–Kier alpha value is -2.65. The van der Waals surface area contributed by atoms with Crippen molar-refractivity contribution in [2.75, 3.05) is 46.0 Å².